The van der Waals surface area contributed by atoms with Crippen LogP contribution in [0.4, 0.5) is 11.4 Å². The number of nitrogens with two attached hydrogens (primary N) is 1. The average molecular weight is 454 g/mol. The zero-order chi connectivity index (χ0) is 23.8. The zero-order valence-corrected chi connectivity index (χ0v) is 20.2. The minimum absolute atomic E-state index is 0.229. The van der Waals surface area contributed by atoms with Crippen molar-refractivity contribution in [2.45, 2.75) is 33.0 Å². The molecular weight excluding hydrogens is 422 g/mol. The molecule has 0 aliphatic carbocycles. The second kappa shape index (κ2) is 8.99. The fraction of sp³-hybridized carbons (Fsp3) is 0.276. The molecule has 34 heavy (non-hydrogen) atoms. The van der Waals surface area contributed by atoms with Gasteiger partial charge in [0.2, 0.25) is 0 Å². The second-order valence-corrected chi connectivity index (χ2v) is 9.19. The molecule has 5 heteroatoms. The quantitative estimate of drug-likeness (QED) is 0.379. The molecule has 0 spiro atoms. The standard InChI is InChI=1S/C29H31N3O2/c1-18-14-22(10-13-27(18)30)24-6-5-7-25-28(24)31-15-26(29(25)33-4)21-8-11-23(12-9-21)32-16-19(2)34-20(3)17-32/h5-15,19-20H,16-17,30H2,1-4H3/t19-,20+. The highest BCUT2D eigenvalue weighted by Gasteiger charge is 2.22. The van der Waals surface area contributed by atoms with Gasteiger partial charge in [0.15, 0.2) is 0 Å². The summed E-state index contributed by atoms with van der Waals surface area (Å²) in [6, 6.07) is 21.0. The number of anilines is 2. The van der Waals surface area contributed by atoms with Crippen molar-refractivity contribution >= 4 is 22.3 Å². The highest BCUT2D eigenvalue weighted by atomic mass is 16.5. The highest BCUT2D eigenvalue weighted by molar-refractivity contribution is 6.00. The number of aryl methyl sites for hydroxylation is 1. The number of methoxy groups -OCH3 is 1. The van der Waals surface area contributed by atoms with Crippen LogP contribution in [0.1, 0.15) is 19.4 Å². The Labute approximate surface area is 201 Å². The van der Waals surface area contributed by atoms with E-state index in [-0.39, 0.29) is 12.2 Å². The van der Waals surface area contributed by atoms with Gasteiger partial charge in [0.25, 0.3) is 0 Å². The summed E-state index contributed by atoms with van der Waals surface area (Å²) < 4.78 is 11.8. The first-order chi connectivity index (χ1) is 16.4. The molecule has 2 atom stereocenters. The van der Waals surface area contributed by atoms with E-state index in [1.165, 1.54) is 5.69 Å². The summed E-state index contributed by atoms with van der Waals surface area (Å²) in [5.41, 5.74) is 14.2. The molecule has 5 nitrogen and oxygen atoms in total. The largest absolute Gasteiger partial charge is 0.495 e. The van der Waals surface area contributed by atoms with Crippen LogP contribution >= 0.6 is 0 Å². The second-order valence-electron chi connectivity index (χ2n) is 9.19. The van der Waals surface area contributed by atoms with Crippen molar-refractivity contribution in [2.75, 3.05) is 30.8 Å². The van der Waals surface area contributed by atoms with Crippen molar-refractivity contribution in [1.82, 2.24) is 4.98 Å². The van der Waals surface area contributed by atoms with E-state index < -0.39 is 0 Å². The first-order valence-electron chi connectivity index (χ1n) is 11.8. The Kier molecular flexibility index (Phi) is 5.88. The first kappa shape index (κ1) is 22.2. The van der Waals surface area contributed by atoms with Crippen LogP contribution in [0.5, 0.6) is 5.75 Å². The summed E-state index contributed by atoms with van der Waals surface area (Å²) >= 11 is 0. The maximum atomic E-state index is 6.04. The van der Waals surface area contributed by atoms with Crippen molar-refractivity contribution in [2.24, 2.45) is 0 Å². The summed E-state index contributed by atoms with van der Waals surface area (Å²) in [7, 11) is 1.73. The normalized spacial score (nSPS) is 18.3. The predicted molar refractivity (Wildman–Crippen MR) is 141 cm³/mol. The van der Waals surface area contributed by atoms with Gasteiger partial charge in [-0.15, -0.1) is 0 Å². The van der Waals surface area contributed by atoms with Crippen LogP contribution in [0.3, 0.4) is 0 Å². The number of benzene rings is 3. The third-order valence-electron chi connectivity index (χ3n) is 6.60. The number of para-hydroxylation sites is 1. The molecule has 174 valence electrons. The maximum absolute atomic E-state index is 6.04. The summed E-state index contributed by atoms with van der Waals surface area (Å²) in [6.07, 6.45) is 2.38. The van der Waals surface area contributed by atoms with Gasteiger partial charge in [-0.25, -0.2) is 0 Å². The van der Waals surface area contributed by atoms with E-state index in [2.05, 4.69) is 67.3 Å². The molecule has 1 saturated heterocycles. The molecule has 4 aromatic rings. The van der Waals surface area contributed by atoms with Crippen LogP contribution in [-0.2, 0) is 4.74 Å². The van der Waals surface area contributed by atoms with E-state index in [9.17, 15) is 0 Å². The van der Waals surface area contributed by atoms with E-state index in [0.717, 1.165) is 63.2 Å². The van der Waals surface area contributed by atoms with Crippen LogP contribution < -0.4 is 15.4 Å². The molecule has 5 rings (SSSR count). The Morgan fingerprint density at radius 1 is 0.941 bits per heavy atom. The van der Waals surface area contributed by atoms with Gasteiger partial charge in [0, 0.05) is 47.2 Å². The van der Waals surface area contributed by atoms with Gasteiger partial charge in [-0.1, -0.05) is 30.3 Å². The molecule has 2 N–H and O–H groups in total. The van der Waals surface area contributed by atoms with Gasteiger partial charge in [-0.3, -0.25) is 4.98 Å². The minimum Gasteiger partial charge on any atom is -0.495 e. The SMILES string of the molecule is COc1c(-c2ccc(N3C[C@@H](C)O[C@@H](C)C3)cc2)cnc2c(-c3ccc(N)c(C)c3)cccc12. The average Bonchev–Trinajstić information content (AvgIpc) is 2.84. The van der Waals surface area contributed by atoms with E-state index in [0.29, 0.717) is 0 Å². The molecule has 1 aliphatic rings. The molecule has 1 fully saturated rings. The van der Waals surface area contributed by atoms with Crippen LogP contribution in [-0.4, -0.2) is 37.4 Å². The molecule has 0 unspecified atom stereocenters. The lowest BCUT2D eigenvalue weighted by atomic mass is 9.97. The molecule has 0 radical (unpaired) electrons. The van der Waals surface area contributed by atoms with Gasteiger partial charge in [0.1, 0.15) is 5.75 Å². The van der Waals surface area contributed by atoms with Gasteiger partial charge in [-0.05, 0) is 67.8 Å². The number of pyridine rings is 1. The molecule has 0 bridgehead atoms. The number of nitrogens with zero attached hydrogens (tertiary/aromatic N) is 2. The highest BCUT2D eigenvalue weighted by Crippen LogP contribution is 2.39. The van der Waals surface area contributed by atoms with Gasteiger partial charge in [0.05, 0.1) is 24.8 Å². The number of hydrogen-bond acceptors (Lipinski definition) is 5. The summed E-state index contributed by atoms with van der Waals surface area (Å²) in [4.78, 5) is 7.28. The number of aromatic nitrogens is 1. The number of morpholine rings is 1. The Hall–Kier alpha value is -3.57. The summed E-state index contributed by atoms with van der Waals surface area (Å²) in [5, 5.41) is 0.992. The molecule has 0 saturated carbocycles. The molecule has 2 heterocycles. The lowest BCUT2D eigenvalue weighted by Gasteiger charge is -2.36. The van der Waals surface area contributed by atoms with Crippen LogP contribution in [0, 0.1) is 6.92 Å². The number of nitrogen functional groups attached to an aromatic ring is 1. The fourth-order valence-corrected chi connectivity index (χ4v) is 4.94. The van der Waals surface area contributed by atoms with E-state index in [1.807, 2.05) is 25.3 Å². The Balaban J connectivity index is 1.54. The third kappa shape index (κ3) is 4.08. The van der Waals surface area contributed by atoms with Crippen molar-refractivity contribution in [1.29, 1.82) is 0 Å². The lowest BCUT2D eigenvalue weighted by Crippen LogP contribution is -2.45. The number of hydrogen-bond donors (Lipinski definition) is 1. The minimum atomic E-state index is 0.229. The topological polar surface area (TPSA) is 60.6 Å². The molecular formula is C29H31N3O2. The predicted octanol–water partition coefficient (Wildman–Crippen LogP) is 6.08. The van der Waals surface area contributed by atoms with Crippen LogP contribution in [0.25, 0.3) is 33.2 Å². The van der Waals surface area contributed by atoms with Gasteiger partial charge in [-0.2, -0.15) is 0 Å². The number of ether oxygens (including phenoxy) is 2. The zero-order valence-electron chi connectivity index (χ0n) is 20.2. The van der Waals surface area contributed by atoms with Crippen molar-refractivity contribution in [3.63, 3.8) is 0 Å². The molecule has 1 aliphatic heterocycles. The Morgan fingerprint density at radius 2 is 1.65 bits per heavy atom. The van der Waals surface area contributed by atoms with Crippen LogP contribution in [0.2, 0.25) is 0 Å². The van der Waals surface area contributed by atoms with E-state index >= 15 is 0 Å². The molecule has 1 aromatic heterocycles. The van der Waals surface area contributed by atoms with Crippen molar-refractivity contribution in [3.8, 4) is 28.0 Å². The smallest absolute Gasteiger partial charge is 0.137 e. The molecule has 0 amide bonds. The van der Waals surface area contributed by atoms with Crippen molar-refractivity contribution in [3.05, 3.63) is 72.4 Å². The maximum Gasteiger partial charge on any atom is 0.137 e. The third-order valence-corrected chi connectivity index (χ3v) is 6.60. The van der Waals surface area contributed by atoms with E-state index in [4.69, 9.17) is 20.2 Å². The van der Waals surface area contributed by atoms with Crippen molar-refractivity contribution < 1.29 is 9.47 Å². The monoisotopic (exact) mass is 453 g/mol. The lowest BCUT2D eigenvalue weighted by molar-refractivity contribution is -0.00521. The Bertz CT molecular complexity index is 1320. The fourth-order valence-electron chi connectivity index (χ4n) is 4.94. The summed E-state index contributed by atoms with van der Waals surface area (Å²) in [5.74, 6) is 0.834. The Morgan fingerprint density at radius 3 is 2.32 bits per heavy atom. The van der Waals surface area contributed by atoms with E-state index in [1.54, 1.807) is 7.11 Å². The molecule has 3 aromatic carbocycles. The van der Waals surface area contributed by atoms with Gasteiger partial charge >= 0.3 is 0 Å². The van der Waals surface area contributed by atoms with Crippen LogP contribution in [0.15, 0.2) is 66.9 Å². The first-order valence-corrected chi connectivity index (χ1v) is 11.8. The number of fused-ring (bicyclic) bond motifs is 1. The van der Waals surface area contributed by atoms with Gasteiger partial charge < -0.3 is 20.1 Å². The number of rotatable bonds is 4. The summed E-state index contributed by atoms with van der Waals surface area (Å²) in [6.45, 7) is 8.08.